The van der Waals surface area contributed by atoms with Crippen LogP contribution in [0, 0.1) is 6.92 Å². The first-order chi connectivity index (χ1) is 15.5. The van der Waals surface area contributed by atoms with E-state index in [1.165, 1.54) is 6.92 Å². The lowest BCUT2D eigenvalue weighted by atomic mass is 10.2. The van der Waals surface area contributed by atoms with Gasteiger partial charge in [-0.1, -0.05) is 19.1 Å². The van der Waals surface area contributed by atoms with Crippen molar-refractivity contribution in [1.29, 1.82) is 0 Å². The van der Waals surface area contributed by atoms with E-state index in [4.69, 9.17) is 9.97 Å². The van der Waals surface area contributed by atoms with Gasteiger partial charge in [0.2, 0.25) is 11.9 Å². The molecule has 4 rings (SSSR count). The zero-order chi connectivity index (χ0) is 22.5. The Hall–Kier alpha value is -3.65. The van der Waals surface area contributed by atoms with Gasteiger partial charge < -0.3 is 10.6 Å². The Morgan fingerprint density at radius 1 is 1.03 bits per heavy atom. The van der Waals surface area contributed by atoms with Gasteiger partial charge >= 0.3 is 0 Å². The molecule has 1 amide bonds. The Bertz CT molecular complexity index is 1240. The van der Waals surface area contributed by atoms with E-state index in [0.29, 0.717) is 12.5 Å². The van der Waals surface area contributed by atoms with Crippen molar-refractivity contribution in [2.24, 2.45) is 0 Å². The molecule has 1 aromatic carbocycles. The number of nitrogens with zero attached hydrogens (tertiary/aromatic N) is 4. The Morgan fingerprint density at radius 2 is 1.81 bits per heavy atom. The number of anilines is 2. The maximum Gasteiger partial charge on any atom is 0.227 e. The lowest BCUT2D eigenvalue weighted by Crippen LogP contribution is -2.18. The fourth-order valence-corrected chi connectivity index (χ4v) is 4.20. The number of benzene rings is 1. The highest BCUT2D eigenvalue weighted by Crippen LogP contribution is 2.34. The summed E-state index contributed by atoms with van der Waals surface area (Å²) in [5, 5.41) is 6.99. The van der Waals surface area contributed by atoms with Gasteiger partial charge in [-0.3, -0.25) is 9.78 Å². The number of rotatable bonds is 7. The van der Waals surface area contributed by atoms with Crippen molar-refractivity contribution >= 4 is 28.9 Å². The molecule has 162 valence electrons. The summed E-state index contributed by atoms with van der Waals surface area (Å²) in [6.07, 6.45) is 4.47. The van der Waals surface area contributed by atoms with E-state index in [-0.39, 0.29) is 5.91 Å². The van der Waals surface area contributed by atoms with Crippen LogP contribution in [0.25, 0.3) is 21.1 Å². The fraction of sp³-hybridized carbons (Fsp3) is 0.208. The van der Waals surface area contributed by atoms with Crippen molar-refractivity contribution in [3.63, 3.8) is 0 Å². The third-order valence-electron chi connectivity index (χ3n) is 4.86. The molecule has 8 heteroatoms. The van der Waals surface area contributed by atoms with Crippen LogP contribution < -0.4 is 10.6 Å². The van der Waals surface area contributed by atoms with Crippen LogP contribution >= 0.6 is 11.3 Å². The van der Waals surface area contributed by atoms with Gasteiger partial charge in [-0.05, 0) is 49.2 Å². The first kappa shape index (κ1) is 21.6. The van der Waals surface area contributed by atoms with E-state index in [0.717, 1.165) is 50.2 Å². The summed E-state index contributed by atoms with van der Waals surface area (Å²) < 4.78 is 0. The second-order valence-corrected chi connectivity index (χ2v) is 8.32. The molecule has 0 saturated heterocycles. The molecule has 0 radical (unpaired) electrons. The highest BCUT2D eigenvalue weighted by molar-refractivity contribution is 7.18. The average Bonchev–Trinajstić information content (AvgIpc) is 3.20. The molecule has 0 unspecified atom stereocenters. The van der Waals surface area contributed by atoms with Crippen LogP contribution in [0.2, 0.25) is 0 Å². The van der Waals surface area contributed by atoms with Crippen LogP contribution in [0.1, 0.15) is 30.8 Å². The number of amides is 1. The highest BCUT2D eigenvalue weighted by Gasteiger charge is 2.14. The maximum atomic E-state index is 11.1. The lowest BCUT2D eigenvalue weighted by molar-refractivity contribution is -0.119. The predicted molar refractivity (Wildman–Crippen MR) is 128 cm³/mol. The summed E-state index contributed by atoms with van der Waals surface area (Å²) in [4.78, 5) is 30.3. The quantitative estimate of drug-likeness (QED) is 0.421. The maximum absolute atomic E-state index is 11.1. The largest absolute Gasteiger partial charge is 0.352 e. The third kappa shape index (κ3) is 5.15. The lowest BCUT2D eigenvalue weighted by Gasteiger charge is -2.08. The molecule has 7 nitrogen and oxygen atoms in total. The van der Waals surface area contributed by atoms with Crippen LogP contribution in [0.3, 0.4) is 0 Å². The summed E-state index contributed by atoms with van der Waals surface area (Å²) in [5.41, 5.74) is 5.79. The number of aryl methyl sites for hydroxylation is 2. The van der Waals surface area contributed by atoms with Gasteiger partial charge in [0.25, 0.3) is 0 Å². The Kier molecular flexibility index (Phi) is 6.51. The van der Waals surface area contributed by atoms with E-state index in [9.17, 15) is 4.79 Å². The first-order valence-electron chi connectivity index (χ1n) is 10.4. The zero-order valence-electron chi connectivity index (χ0n) is 18.2. The number of carbonyl (C=O) groups is 1. The van der Waals surface area contributed by atoms with Crippen LogP contribution in [0.4, 0.5) is 11.6 Å². The molecule has 0 fully saturated rings. The minimum atomic E-state index is -0.0475. The van der Waals surface area contributed by atoms with Crippen LogP contribution in [-0.2, 0) is 17.8 Å². The van der Waals surface area contributed by atoms with Crippen molar-refractivity contribution in [2.75, 3.05) is 5.32 Å². The number of hydrogen-bond acceptors (Lipinski definition) is 7. The molecular weight excluding hydrogens is 420 g/mol. The number of pyridine rings is 1. The molecule has 0 spiro atoms. The average molecular weight is 445 g/mol. The Balaban J connectivity index is 1.53. The van der Waals surface area contributed by atoms with Crippen molar-refractivity contribution < 1.29 is 4.79 Å². The van der Waals surface area contributed by atoms with Crippen molar-refractivity contribution in [3.05, 3.63) is 71.8 Å². The van der Waals surface area contributed by atoms with Gasteiger partial charge in [0.15, 0.2) is 0 Å². The van der Waals surface area contributed by atoms with E-state index in [1.54, 1.807) is 17.5 Å². The Labute approximate surface area is 191 Å². The topological polar surface area (TPSA) is 92.7 Å². The van der Waals surface area contributed by atoms with Crippen LogP contribution in [-0.4, -0.2) is 25.8 Å². The van der Waals surface area contributed by atoms with E-state index in [1.807, 2.05) is 49.5 Å². The summed E-state index contributed by atoms with van der Waals surface area (Å²) in [6.45, 7) is 6.11. The molecule has 0 aliphatic heterocycles. The van der Waals surface area contributed by atoms with Crippen LogP contribution in [0.15, 0.2) is 54.9 Å². The van der Waals surface area contributed by atoms with E-state index < -0.39 is 0 Å². The molecule has 2 N–H and O–H groups in total. The smallest absolute Gasteiger partial charge is 0.227 e. The molecule has 32 heavy (non-hydrogen) atoms. The summed E-state index contributed by atoms with van der Waals surface area (Å²) in [6, 6.07) is 13.8. The second kappa shape index (κ2) is 9.65. The molecule has 0 atom stereocenters. The molecule has 0 saturated carbocycles. The van der Waals surface area contributed by atoms with Gasteiger partial charge in [-0.2, -0.15) is 0 Å². The molecule has 0 aliphatic carbocycles. The van der Waals surface area contributed by atoms with Crippen molar-refractivity contribution in [1.82, 2.24) is 25.3 Å². The van der Waals surface area contributed by atoms with Gasteiger partial charge in [-0.25, -0.2) is 15.0 Å². The Morgan fingerprint density at radius 3 is 2.56 bits per heavy atom. The minimum absolute atomic E-state index is 0.0475. The van der Waals surface area contributed by atoms with Crippen LogP contribution in [0.5, 0.6) is 0 Å². The summed E-state index contributed by atoms with van der Waals surface area (Å²) in [5.74, 6) is 0.470. The molecule has 4 aromatic rings. The predicted octanol–water partition coefficient (Wildman–Crippen LogP) is 4.91. The highest BCUT2D eigenvalue weighted by atomic mass is 32.1. The monoisotopic (exact) mass is 444 g/mol. The first-order valence-corrected chi connectivity index (χ1v) is 11.2. The summed E-state index contributed by atoms with van der Waals surface area (Å²) in [7, 11) is 0. The van der Waals surface area contributed by atoms with Gasteiger partial charge in [0.05, 0.1) is 16.3 Å². The minimum Gasteiger partial charge on any atom is -0.352 e. The number of hydrogen-bond donors (Lipinski definition) is 2. The zero-order valence-corrected chi connectivity index (χ0v) is 19.0. The summed E-state index contributed by atoms with van der Waals surface area (Å²) >= 11 is 1.62. The SMILES string of the molecule is CCc1cc(-c2nc(C)c(-c3ccnc(Nc4ccc(CNC(C)=O)cc4)n3)s2)ccn1. The van der Waals surface area contributed by atoms with Crippen molar-refractivity contribution in [3.8, 4) is 21.1 Å². The third-order valence-corrected chi connectivity index (χ3v) is 6.09. The molecule has 0 aliphatic rings. The number of aromatic nitrogens is 4. The number of carbonyl (C=O) groups excluding carboxylic acids is 1. The van der Waals surface area contributed by atoms with Gasteiger partial charge in [0.1, 0.15) is 5.01 Å². The molecular formula is C24H24N6OS. The molecule has 3 heterocycles. The second-order valence-electron chi connectivity index (χ2n) is 7.32. The van der Waals surface area contributed by atoms with E-state index >= 15 is 0 Å². The van der Waals surface area contributed by atoms with Crippen molar-refractivity contribution in [2.45, 2.75) is 33.7 Å². The number of nitrogens with one attached hydrogen (secondary N) is 2. The van der Waals surface area contributed by atoms with E-state index in [2.05, 4.69) is 33.6 Å². The number of thiazole rings is 1. The standard InChI is InChI=1S/C24H24N6OS/c1-4-19-13-18(9-11-25-19)23-28-15(2)22(32-23)21-10-12-26-24(30-21)29-20-7-5-17(6-8-20)14-27-16(3)31/h5-13H,4,14H2,1-3H3,(H,27,31)(H,26,29,30). The van der Waals surface area contributed by atoms with Gasteiger partial charge in [-0.15, -0.1) is 11.3 Å². The fourth-order valence-electron chi connectivity index (χ4n) is 3.17. The van der Waals surface area contributed by atoms with Gasteiger partial charge in [0, 0.05) is 42.8 Å². The molecule has 0 bridgehead atoms. The molecule has 3 aromatic heterocycles. The normalized spacial score (nSPS) is 10.7.